The summed E-state index contributed by atoms with van der Waals surface area (Å²) in [6.45, 7) is 1.65. The van der Waals surface area contributed by atoms with Crippen LogP contribution >= 0.6 is 0 Å². The third-order valence-corrected chi connectivity index (χ3v) is 4.93. The van der Waals surface area contributed by atoms with E-state index in [1.54, 1.807) is 6.92 Å². The Morgan fingerprint density at radius 2 is 1.81 bits per heavy atom. The van der Waals surface area contributed by atoms with Crippen LogP contribution in [0.3, 0.4) is 0 Å². The Morgan fingerprint density at radius 1 is 1.14 bits per heavy atom. The SMILES string of the molecule is CCN(c1cccc(F)c1)S(=O)(=O)c1cccc(F)c1N. The maximum absolute atomic E-state index is 13.5. The first kappa shape index (κ1) is 15.2. The lowest BCUT2D eigenvalue weighted by molar-refractivity contribution is 0.588. The highest BCUT2D eigenvalue weighted by atomic mass is 32.2. The first-order valence-electron chi connectivity index (χ1n) is 6.20. The smallest absolute Gasteiger partial charge is 0.266 e. The molecule has 0 radical (unpaired) electrons. The van der Waals surface area contributed by atoms with Crippen molar-refractivity contribution in [2.75, 3.05) is 16.6 Å². The van der Waals surface area contributed by atoms with Crippen LogP contribution in [0.5, 0.6) is 0 Å². The number of hydrogen-bond donors (Lipinski definition) is 1. The normalized spacial score (nSPS) is 11.4. The highest BCUT2D eigenvalue weighted by molar-refractivity contribution is 7.93. The number of anilines is 2. The summed E-state index contributed by atoms with van der Waals surface area (Å²) in [6.07, 6.45) is 0. The second kappa shape index (κ2) is 5.69. The zero-order chi connectivity index (χ0) is 15.6. The van der Waals surface area contributed by atoms with Crippen molar-refractivity contribution in [1.29, 1.82) is 0 Å². The van der Waals surface area contributed by atoms with Gasteiger partial charge in [-0.25, -0.2) is 17.2 Å². The predicted octanol–water partition coefficient (Wildman–Crippen LogP) is 2.76. The van der Waals surface area contributed by atoms with E-state index in [0.717, 1.165) is 16.4 Å². The minimum absolute atomic E-state index is 0.0573. The molecule has 0 spiro atoms. The van der Waals surface area contributed by atoms with Gasteiger partial charge in [-0.2, -0.15) is 0 Å². The first-order chi connectivity index (χ1) is 9.87. The second-order valence-corrected chi connectivity index (χ2v) is 6.13. The van der Waals surface area contributed by atoms with Crippen molar-refractivity contribution in [3.8, 4) is 0 Å². The number of nitrogen functional groups attached to an aromatic ring is 1. The van der Waals surface area contributed by atoms with Gasteiger partial charge in [0.25, 0.3) is 10.0 Å². The van der Waals surface area contributed by atoms with Crippen molar-refractivity contribution in [2.24, 2.45) is 0 Å². The molecule has 0 amide bonds. The molecule has 0 aliphatic rings. The van der Waals surface area contributed by atoms with E-state index in [-0.39, 0.29) is 17.1 Å². The van der Waals surface area contributed by atoms with Crippen LogP contribution in [-0.4, -0.2) is 15.0 Å². The standard InChI is InChI=1S/C14H14F2N2O2S/c1-2-18(11-6-3-5-10(15)9-11)21(19,20)13-8-4-7-12(16)14(13)17/h3-9H,2,17H2,1H3. The van der Waals surface area contributed by atoms with Crippen LogP contribution in [0.4, 0.5) is 20.2 Å². The summed E-state index contributed by atoms with van der Waals surface area (Å²) in [6, 6.07) is 8.72. The fraction of sp³-hybridized carbons (Fsp3) is 0.143. The average Bonchev–Trinajstić information content (AvgIpc) is 2.42. The minimum atomic E-state index is -4.07. The molecule has 7 heteroatoms. The zero-order valence-electron chi connectivity index (χ0n) is 11.3. The predicted molar refractivity (Wildman–Crippen MR) is 77.4 cm³/mol. The zero-order valence-corrected chi connectivity index (χ0v) is 12.1. The molecule has 112 valence electrons. The summed E-state index contributed by atoms with van der Waals surface area (Å²) in [5, 5.41) is 0. The molecule has 0 aromatic heterocycles. The minimum Gasteiger partial charge on any atom is -0.395 e. The van der Waals surface area contributed by atoms with Gasteiger partial charge in [0.1, 0.15) is 16.5 Å². The van der Waals surface area contributed by atoms with Gasteiger partial charge in [0, 0.05) is 6.54 Å². The Hall–Kier alpha value is -2.15. The lowest BCUT2D eigenvalue weighted by atomic mass is 10.3. The monoisotopic (exact) mass is 312 g/mol. The van der Waals surface area contributed by atoms with E-state index in [2.05, 4.69) is 0 Å². The highest BCUT2D eigenvalue weighted by Crippen LogP contribution is 2.28. The van der Waals surface area contributed by atoms with Crippen LogP contribution in [-0.2, 0) is 10.0 Å². The van der Waals surface area contributed by atoms with Gasteiger partial charge >= 0.3 is 0 Å². The molecule has 0 saturated carbocycles. The number of nitrogens with zero attached hydrogens (tertiary/aromatic N) is 1. The molecule has 2 aromatic rings. The fourth-order valence-corrected chi connectivity index (χ4v) is 3.58. The molecule has 21 heavy (non-hydrogen) atoms. The number of nitrogens with two attached hydrogens (primary N) is 1. The largest absolute Gasteiger partial charge is 0.395 e. The van der Waals surface area contributed by atoms with Gasteiger partial charge in [-0.1, -0.05) is 12.1 Å². The first-order valence-corrected chi connectivity index (χ1v) is 7.64. The van der Waals surface area contributed by atoms with E-state index in [1.165, 1.54) is 30.3 Å². The van der Waals surface area contributed by atoms with Gasteiger partial charge in [-0.15, -0.1) is 0 Å². The molecule has 0 bridgehead atoms. The topological polar surface area (TPSA) is 63.4 Å². The maximum atomic E-state index is 13.5. The van der Waals surface area contributed by atoms with Gasteiger partial charge in [0.2, 0.25) is 0 Å². The summed E-state index contributed by atoms with van der Waals surface area (Å²) in [5.41, 5.74) is 5.22. The fourth-order valence-electron chi connectivity index (χ4n) is 1.98. The number of benzene rings is 2. The molecule has 0 aliphatic carbocycles. The van der Waals surface area contributed by atoms with Crippen LogP contribution in [0.15, 0.2) is 47.4 Å². The number of para-hydroxylation sites is 1. The van der Waals surface area contributed by atoms with E-state index in [0.29, 0.717) is 0 Å². The Balaban J connectivity index is 2.58. The molecule has 0 unspecified atom stereocenters. The summed E-state index contributed by atoms with van der Waals surface area (Å²) in [5.74, 6) is -1.38. The number of hydrogen-bond acceptors (Lipinski definition) is 3. The lowest BCUT2D eigenvalue weighted by Crippen LogP contribution is -2.31. The molecule has 0 atom stereocenters. The molecule has 2 rings (SSSR count). The second-order valence-electron chi connectivity index (χ2n) is 4.30. The van der Waals surface area contributed by atoms with E-state index in [1.807, 2.05) is 0 Å². The highest BCUT2D eigenvalue weighted by Gasteiger charge is 2.27. The molecular weight excluding hydrogens is 298 g/mol. The summed E-state index contributed by atoms with van der Waals surface area (Å²) in [7, 11) is -4.07. The van der Waals surface area contributed by atoms with Gasteiger partial charge in [-0.05, 0) is 37.3 Å². The number of halogens is 2. The van der Waals surface area contributed by atoms with Crippen molar-refractivity contribution in [3.63, 3.8) is 0 Å². The molecule has 2 N–H and O–H groups in total. The summed E-state index contributed by atoms with van der Waals surface area (Å²) < 4.78 is 53.0. The van der Waals surface area contributed by atoms with Crippen molar-refractivity contribution in [2.45, 2.75) is 11.8 Å². The van der Waals surface area contributed by atoms with E-state index < -0.39 is 27.3 Å². The average molecular weight is 312 g/mol. The van der Waals surface area contributed by atoms with Crippen LogP contribution in [0.25, 0.3) is 0 Å². The Kier molecular flexibility index (Phi) is 4.13. The third kappa shape index (κ3) is 2.82. The van der Waals surface area contributed by atoms with E-state index >= 15 is 0 Å². The van der Waals surface area contributed by atoms with Crippen LogP contribution in [0.2, 0.25) is 0 Å². The van der Waals surface area contributed by atoms with Crippen molar-refractivity contribution < 1.29 is 17.2 Å². The van der Waals surface area contributed by atoms with Gasteiger partial charge in [0.15, 0.2) is 0 Å². The van der Waals surface area contributed by atoms with Crippen LogP contribution in [0.1, 0.15) is 6.92 Å². The third-order valence-electron chi connectivity index (χ3n) is 2.96. The van der Waals surface area contributed by atoms with Gasteiger partial charge < -0.3 is 5.73 Å². The van der Waals surface area contributed by atoms with E-state index in [9.17, 15) is 17.2 Å². The molecular formula is C14H14F2N2O2S. The molecule has 2 aromatic carbocycles. The van der Waals surface area contributed by atoms with Crippen LogP contribution in [0, 0.1) is 11.6 Å². The molecule has 0 heterocycles. The molecule has 0 fully saturated rings. The van der Waals surface area contributed by atoms with E-state index in [4.69, 9.17) is 5.73 Å². The Morgan fingerprint density at radius 3 is 2.43 bits per heavy atom. The quantitative estimate of drug-likeness (QED) is 0.883. The Labute approximate surface area is 121 Å². The number of sulfonamides is 1. The van der Waals surface area contributed by atoms with Crippen molar-refractivity contribution in [1.82, 2.24) is 0 Å². The maximum Gasteiger partial charge on any atom is 0.266 e. The van der Waals surface area contributed by atoms with Crippen molar-refractivity contribution >= 4 is 21.4 Å². The molecule has 0 saturated heterocycles. The summed E-state index contributed by atoms with van der Waals surface area (Å²) in [4.78, 5) is -0.339. The van der Waals surface area contributed by atoms with Gasteiger partial charge in [0.05, 0.1) is 11.4 Å². The summed E-state index contributed by atoms with van der Waals surface area (Å²) >= 11 is 0. The Bertz CT molecular complexity index is 763. The van der Waals surface area contributed by atoms with Crippen molar-refractivity contribution in [3.05, 3.63) is 54.1 Å². The number of rotatable bonds is 4. The molecule has 0 aliphatic heterocycles. The van der Waals surface area contributed by atoms with Crippen LogP contribution < -0.4 is 10.0 Å². The van der Waals surface area contributed by atoms with Gasteiger partial charge in [-0.3, -0.25) is 4.31 Å². The lowest BCUT2D eigenvalue weighted by Gasteiger charge is -2.23. The molecule has 4 nitrogen and oxygen atoms in total.